The van der Waals surface area contributed by atoms with Crippen molar-refractivity contribution >= 4 is 33.2 Å². The average Bonchev–Trinajstić information content (AvgIpc) is 2.83. The number of nitrogens with zero attached hydrogens (tertiary/aromatic N) is 3. The van der Waals surface area contributed by atoms with E-state index in [0.717, 1.165) is 43.4 Å². The summed E-state index contributed by atoms with van der Waals surface area (Å²) in [5, 5.41) is 0.690. The standard InChI is InChI=1S/C25H32ClN3O3S/c1-20-10-12-24(13-11-20)33(31,32)29(22-7-3-2-4-8-22)19-25(30)28-16-14-27(15-17-28)23-9-5-6-21(26)18-23/h5-6,9-13,18,22H,2-4,7-8,14-17,19H2,1H3. The highest BCUT2D eigenvalue weighted by molar-refractivity contribution is 7.89. The number of amides is 1. The predicted molar refractivity (Wildman–Crippen MR) is 132 cm³/mol. The van der Waals surface area contributed by atoms with Crippen LogP contribution in [0.2, 0.25) is 5.02 Å². The van der Waals surface area contributed by atoms with Crippen LogP contribution in [0.15, 0.2) is 53.4 Å². The van der Waals surface area contributed by atoms with Crippen LogP contribution in [0.5, 0.6) is 0 Å². The molecule has 4 rings (SSSR count). The van der Waals surface area contributed by atoms with Gasteiger partial charge in [0.05, 0.1) is 11.4 Å². The molecule has 2 aliphatic rings. The number of rotatable bonds is 6. The van der Waals surface area contributed by atoms with Gasteiger partial charge in [-0.1, -0.05) is 54.6 Å². The summed E-state index contributed by atoms with van der Waals surface area (Å²) in [7, 11) is -3.75. The molecule has 2 aromatic carbocycles. The Kier molecular flexibility index (Phi) is 7.62. The first-order valence-corrected chi connectivity index (χ1v) is 13.5. The molecule has 0 N–H and O–H groups in total. The Morgan fingerprint density at radius 2 is 1.67 bits per heavy atom. The summed E-state index contributed by atoms with van der Waals surface area (Å²) >= 11 is 6.12. The Labute approximate surface area is 202 Å². The maximum atomic E-state index is 13.6. The van der Waals surface area contributed by atoms with Crippen LogP contribution in [0.3, 0.4) is 0 Å². The minimum Gasteiger partial charge on any atom is -0.368 e. The van der Waals surface area contributed by atoms with Crippen molar-refractivity contribution in [2.24, 2.45) is 0 Å². The molecule has 0 atom stereocenters. The Balaban J connectivity index is 1.47. The molecule has 1 heterocycles. The lowest BCUT2D eigenvalue weighted by atomic mass is 9.95. The molecule has 2 fully saturated rings. The van der Waals surface area contributed by atoms with Crippen LogP contribution in [-0.2, 0) is 14.8 Å². The molecule has 0 aromatic heterocycles. The second kappa shape index (κ2) is 10.5. The first kappa shape index (κ1) is 24.0. The molecule has 1 amide bonds. The molecular formula is C25H32ClN3O3S. The van der Waals surface area contributed by atoms with E-state index in [1.165, 1.54) is 4.31 Å². The quantitative estimate of drug-likeness (QED) is 0.606. The lowest BCUT2D eigenvalue weighted by Crippen LogP contribution is -2.53. The molecule has 1 aliphatic carbocycles. The summed E-state index contributed by atoms with van der Waals surface area (Å²) in [5.41, 5.74) is 2.05. The van der Waals surface area contributed by atoms with E-state index in [2.05, 4.69) is 4.90 Å². The Bertz CT molecular complexity index is 1060. The van der Waals surface area contributed by atoms with E-state index in [1.807, 2.05) is 43.3 Å². The van der Waals surface area contributed by atoms with Gasteiger partial charge in [0.2, 0.25) is 15.9 Å². The van der Waals surface area contributed by atoms with Crippen molar-refractivity contribution in [2.45, 2.75) is 50.0 Å². The minimum atomic E-state index is -3.75. The number of hydrogen-bond donors (Lipinski definition) is 0. The molecule has 2 aromatic rings. The van der Waals surface area contributed by atoms with Gasteiger partial charge in [0.15, 0.2) is 0 Å². The van der Waals surface area contributed by atoms with Crippen molar-refractivity contribution in [3.05, 3.63) is 59.1 Å². The van der Waals surface area contributed by atoms with Gasteiger partial charge in [-0.15, -0.1) is 0 Å². The summed E-state index contributed by atoms with van der Waals surface area (Å²) in [6.45, 7) is 4.35. The Hall–Kier alpha value is -2.09. The Morgan fingerprint density at radius 3 is 2.30 bits per heavy atom. The van der Waals surface area contributed by atoms with Gasteiger partial charge in [-0.25, -0.2) is 8.42 Å². The summed E-state index contributed by atoms with van der Waals surface area (Å²) in [6, 6.07) is 14.5. The highest BCUT2D eigenvalue weighted by Crippen LogP contribution is 2.28. The minimum absolute atomic E-state index is 0.0992. The topological polar surface area (TPSA) is 60.9 Å². The molecule has 0 spiro atoms. The molecular weight excluding hydrogens is 458 g/mol. The van der Waals surface area contributed by atoms with E-state index in [-0.39, 0.29) is 23.4 Å². The fraction of sp³-hybridized carbons (Fsp3) is 0.480. The number of carbonyl (C=O) groups excluding carboxylic acids is 1. The van der Waals surface area contributed by atoms with Gasteiger partial charge in [0, 0.05) is 42.9 Å². The van der Waals surface area contributed by atoms with Gasteiger partial charge in [-0.2, -0.15) is 4.31 Å². The molecule has 0 bridgehead atoms. The normalized spacial score (nSPS) is 18.0. The molecule has 0 unspecified atom stereocenters. The molecule has 6 nitrogen and oxygen atoms in total. The van der Waals surface area contributed by atoms with Crippen LogP contribution in [-0.4, -0.2) is 62.3 Å². The highest BCUT2D eigenvalue weighted by atomic mass is 35.5. The second-order valence-corrected chi connectivity index (χ2v) is 11.3. The molecule has 8 heteroatoms. The Morgan fingerprint density at radius 1 is 1.00 bits per heavy atom. The smallest absolute Gasteiger partial charge is 0.243 e. The maximum Gasteiger partial charge on any atom is 0.243 e. The predicted octanol–water partition coefficient (Wildman–Crippen LogP) is 4.32. The van der Waals surface area contributed by atoms with Crippen LogP contribution in [0.25, 0.3) is 0 Å². The second-order valence-electron chi connectivity index (χ2n) is 9.00. The number of anilines is 1. The number of benzene rings is 2. The van der Waals surface area contributed by atoms with Crippen molar-refractivity contribution in [1.29, 1.82) is 0 Å². The third-order valence-corrected chi connectivity index (χ3v) is 8.85. The zero-order valence-electron chi connectivity index (χ0n) is 19.1. The van der Waals surface area contributed by atoms with Gasteiger partial charge in [-0.05, 0) is 50.1 Å². The third kappa shape index (κ3) is 5.70. The van der Waals surface area contributed by atoms with Crippen molar-refractivity contribution in [3.63, 3.8) is 0 Å². The number of aryl methyl sites for hydroxylation is 1. The fourth-order valence-electron chi connectivity index (χ4n) is 4.75. The molecule has 178 valence electrons. The summed E-state index contributed by atoms with van der Waals surface area (Å²) in [4.78, 5) is 17.5. The molecule has 1 saturated carbocycles. The summed E-state index contributed by atoms with van der Waals surface area (Å²) in [5.74, 6) is -0.123. The maximum absolute atomic E-state index is 13.6. The number of sulfonamides is 1. The lowest BCUT2D eigenvalue weighted by molar-refractivity contribution is -0.132. The van der Waals surface area contributed by atoms with E-state index in [9.17, 15) is 13.2 Å². The van der Waals surface area contributed by atoms with Crippen molar-refractivity contribution in [1.82, 2.24) is 9.21 Å². The van der Waals surface area contributed by atoms with E-state index in [4.69, 9.17) is 11.6 Å². The van der Waals surface area contributed by atoms with E-state index < -0.39 is 10.0 Å². The lowest BCUT2D eigenvalue weighted by Gasteiger charge is -2.38. The van der Waals surface area contributed by atoms with Crippen LogP contribution in [0.4, 0.5) is 5.69 Å². The molecule has 0 radical (unpaired) electrons. The number of halogens is 1. The van der Waals surface area contributed by atoms with Crippen molar-refractivity contribution in [3.8, 4) is 0 Å². The highest BCUT2D eigenvalue weighted by Gasteiger charge is 2.35. The van der Waals surface area contributed by atoms with Crippen LogP contribution < -0.4 is 4.90 Å². The van der Waals surface area contributed by atoms with Gasteiger partial charge >= 0.3 is 0 Å². The average molecular weight is 490 g/mol. The largest absolute Gasteiger partial charge is 0.368 e. The van der Waals surface area contributed by atoms with Gasteiger partial charge in [-0.3, -0.25) is 4.79 Å². The van der Waals surface area contributed by atoms with E-state index in [1.54, 1.807) is 17.0 Å². The number of hydrogen-bond acceptors (Lipinski definition) is 4. The van der Waals surface area contributed by atoms with Crippen LogP contribution >= 0.6 is 11.6 Å². The summed E-state index contributed by atoms with van der Waals surface area (Å²) in [6.07, 6.45) is 4.73. The van der Waals surface area contributed by atoms with Crippen LogP contribution in [0.1, 0.15) is 37.7 Å². The summed E-state index contributed by atoms with van der Waals surface area (Å²) < 4.78 is 28.6. The molecule has 1 saturated heterocycles. The number of carbonyl (C=O) groups is 1. The first-order valence-electron chi connectivity index (χ1n) is 11.7. The molecule has 1 aliphatic heterocycles. The van der Waals surface area contributed by atoms with Crippen LogP contribution in [0, 0.1) is 6.92 Å². The van der Waals surface area contributed by atoms with Crippen molar-refractivity contribution < 1.29 is 13.2 Å². The van der Waals surface area contributed by atoms with E-state index in [0.29, 0.717) is 31.2 Å². The van der Waals surface area contributed by atoms with Gasteiger partial charge < -0.3 is 9.80 Å². The fourth-order valence-corrected chi connectivity index (χ4v) is 6.56. The zero-order valence-corrected chi connectivity index (χ0v) is 20.7. The van der Waals surface area contributed by atoms with Gasteiger partial charge in [0.1, 0.15) is 0 Å². The monoisotopic (exact) mass is 489 g/mol. The number of piperazine rings is 1. The zero-order chi connectivity index (χ0) is 23.4. The first-order chi connectivity index (χ1) is 15.8. The van der Waals surface area contributed by atoms with E-state index >= 15 is 0 Å². The SMILES string of the molecule is Cc1ccc(S(=O)(=O)N(CC(=O)N2CCN(c3cccc(Cl)c3)CC2)C2CCCCC2)cc1. The van der Waals surface area contributed by atoms with Gasteiger partial charge in [0.25, 0.3) is 0 Å². The molecule has 33 heavy (non-hydrogen) atoms. The van der Waals surface area contributed by atoms with Crippen molar-refractivity contribution in [2.75, 3.05) is 37.6 Å². The third-order valence-electron chi connectivity index (χ3n) is 6.71.